The van der Waals surface area contributed by atoms with Crippen molar-refractivity contribution in [2.75, 3.05) is 6.61 Å². The van der Waals surface area contributed by atoms with E-state index in [0.29, 0.717) is 11.3 Å². The van der Waals surface area contributed by atoms with Crippen LogP contribution in [0.4, 0.5) is 0 Å². The highest BCUT2D eigenvalue weighted by Gasteiger charge is 2.03. The Morgan fingerprint density at radius 1 is 1.38 bits per heavy atom. The van der Waals surface area contributed by atoms with Gasteiger partial charge in [-0.3, -0.25) is 4.99 Å². The Kier molecular flexibility index (Phi) is 5.02. The van der Waals surface area contributed by atoms with Crippen molar-refractivity contribution in [3.8, 4) is 5.75 Å². The van der Waals surface area contributed by atoms with Gasteiger partial charge in [-0.05, 0) is 25.1 Å². The van der Waals surface area contributed by atoms with Crippen LogP contribution >= 0.6 is 0 Å². The zero-order chi connectivity index (χ0) is 11.8. The lowest BCUT2D eigenvalue weighted by Crippen LogP contribution is -1.86. The molecule has 84 valence electrons. The minimum absolute atomic E-state index is 0.124. The van der Waals surface area contributed by atoms with Gasteiger partial charge in [-0.25, -0.2) is 0 Å². The van der Waals surface area contributed by atoms with E-state index in [1.807, 2.05) is 25.1 Å². The molecule has 0 aliphatic carbocycles. The Morgan fingerprint density at radius 3 is 2.75 bits per heavy atom. The Morgan fingerprint density at radius 2 is 2.12 bits per heavy atom. The Balaban J connectivity index is 3.11. The van der Waals surface area contributed by atoms with Crippen LogP contribution in [-0.4, -0.2) is 23.0 Å². The van der Waals surface area contributed by atoms with Gasteiger partial charge in [0, 0.05) is 11.8 Å². The van der Waals surface area contributed by atoms with Crippen molar-refractivity contribution in [2.24, 2.45) is 4.99 Å². The van der Waals surface area contributed by atoms with Gasteiger partial charge >= 0.3 is 0 Å². The molecule has 3 nitrogen and oxygen atoms in total. The number of aliphatic imine (C=N–C) groups is 1. The second-order valence-electron chi connectivity index (χ2n) is 3.09. The maximum atomic E-state index is 9.68. The van der Waals surface area contributed by atoms with Crippen molar-refractivity contribution in [3.05, 3.63) is 48.1 Å². The van der Waals surface area contributed by atoms with Gasteiger partial charge in [0.15, 0.2) is 0 Å². The van der Waals surface area contributed by atoms with E-state index >= 15 is 0 Å². The third-order valence-electron chi connectivity index (χ3n) is 1.94. The number of allylic oxidation sites excluding steroid dienone is 3. The topological polar surface area (TPSA) is 52.8 Å². The van der Waals surface area contributed by atoms with E-state index in [-0.39, 0.29) is 12.4 Å². The van der Waals surface area contributed by atoms with Crippen molar-refractivity contribution >= 4 is 11.9 Å². The lowest BCUT2D eigenvalue weighted by Gasteiger charge is -2.03. The Hall–Kier alpha value is -1.87. The largest absolute Gasteiger partial charge is 0.507 e. The van der Waals surface area contributed by atoms with Gasteiger partial charge in [-0.15, -0.1) is 0 Å². The Labute approximate surface area is 95.1 Å². The third kappa shape index (κ3) is 3.37. The molecule has 16 heavy (non-hydrogen) atoms. The fourth-order valence-electron chi connectivity index (χ4n) is 1.22. The minimum atomic E-state index is -0.124. The van der Waals surface area contributed by atoms with Crippen LogP contribution in [0.5, 0.6) is 5.75 Å². The molecule has 0 heterocycles. The number of benzene rings is 1. The van der Waals surface area contributed by atoms with E-state index in [9.17, 15) is 5.11 Å². The standard InChI is InChI=1S/C13H15NO2/c1-2-3-7-12(14-9-10-15)11-6-4-5-8-13(11)16/h2-9,15-16H,10H2,1H3/b3-2-,12-7-,14-9?. The summed E-state index contributed by atoms with van der Waals surface area (Å²) in [5, 5.41) is 18.4. The highest BCUT2D eigenvalue weighted by molar-refractivity contribution is 5.77. The average molecular weight is 217 g/mol. The van der Waals surface area contributed by atoms with Gasteiger partial charge < -0.3 is 10.2 Å². The number of para-hydroxylation sites is 1. The fraction of sp³-hybridized carbons (Fsp3) is 0.154. The summed E-state index contributed by atoms with van der Waals surface area (Å²) in [4.78, 5) is 4.09. The summed E-state index contributed by atoms with van der Waals surface area (Å²) < 4.78 is 0. The lowest BCUT2D eigenvalue weighted by molar-refractivity contribution is 0.361. The van der Waals surface area contributed by atoms with E-state index in [0.717, 1.165) is 0 Å². The molecule has 0 fully saturated rings. The number of phenolic OH excluding ortho intramolecular Hbond substituents is 1. The molecule has 0 aromatic heterocycles. The van der Waals surface area contributed by atoms with Crippen LogP contribution < -0.4 is 0 Å². The van der Waals surface area contributed by atoms with E-state index in [1.165, 1.54) is 6.21 Å². The van der Waals surface area contributed by atoms with Crippen LogP contribution in [0.15, 0.2) is 47.5 Å². The molecular weight excluding hydrogens is 202 g/mol. The van der Waals surface area contributed by atoms with Crippen LogP contribution in [0, 0.1) is 0 Å². The lowest BCUT2D eigenvalue weighted by atomic mass is 10.1. The molecule has 1 rings (SSSR count). The van der Waals surface area contributed by atoms with Gasteiger partial charge in [-0.2, -0.15) is 0 Å². The van der Waals surface area contributed by atoms with Crippen LogP contribution in [-0.2, 0) is 0 Å². The van der Waals surface area contributed by atoms with Crippen molar-refractivity contribution < 1.29 is 10.2 Å². The van der Waals surface area contributed by atoms with E-state index < -0.39 is 0 Å². The molecule has 0 amide bonds. The monoisotopic (exact) mass is 217 g/mol. The molecule has 0 atom stereocenters. The van der Waals surface area contributed by atoms with Crippen LogP contribution in [0.25, 0.3) is 5.70 Å². The summed E-state index contributed by atoms with van der Waals surface area (Å²) in [7, 11) is 0. The zero-order valence-corrected chi connectivity index (χ0v) is 9.17. The normalized spacial score (nSPS) is 12.8. The molecule has 1 aromatic carbocycles. The van der Waals surface area contributed by atoms with Crippen molar-refractivity contribution in [3.63, 3.8) is 0 Å². The van der Waals surface area contributed by atoms with Crippen molar-refractivity contribution in [1.29, 1.82) is 0 Å². The van der Waals surface area contributed by atoms with Crippen molar-refractivity contribution in [1.82, 2.24) is 0 Å². The van der Waals surface area contributed by atoms with Gasteiger partial charge in [0.25, 0.3) is 0 Å². The maximum absolute atomic E-state index is 9.68. The van der Waals surface area contributed by atoms with Crippen LogP contribution in [0.1, 0.15) is 12.5 Å². The summed E-state index contributed by atoms with van der Waals surface area (Å²) in [5.41, 5.74) is 1.26. The smallest absolute Gasteiger partial charge is 0.124 e. The number of aliphatic hydroxyl groups excluding tert-OH is 1. The molecule has 0 saturated carbocycles. The number of nitrogens with zero attached hydrogens (tertiary/aromatic N) is 1. The number of aromatic hydroxyl groups is 1. The summed E-state index contributed by atoms with van der Waals surface area (Å²) in [6.45, 7) is 1.77. The van der Waals surface area contributed by atoms with Crippen LogP contribution in [0.2, 0.25) is 0 Å². The molecule has 0 aliphatic rings. The maximum Gasteiger partial charge on any atom is 0.124 e. The summed E-state index contributed by atoms with van der Waals surface area (Å²) >= 11 is 0. The first kappa shape index (κ1) is 12.2. The number of rotatable bonds is 4. The quantitative estimate of drug-likeness (QED) is 0.601. The van der Waals surface area contributed by atoms with E-state index in [4.69, 9.17) is 5.11 Å². The summed E-state index contributed by atoms with van der Waals surface area (Å²) in [6, 6.07) is 6.96. The molecule has 0 aliphatic heterocycles. The molecule has 3 heteroatoms. The SMILES string of the molecule is C/C=C\C=C(/N=CCO)c1ccccc1O. The second kappa shape index (κ2) is 6.58. The van der Waals surface area contributed by atoms with Gasteiger partial charge in [0.1, 0.15) is 5.75 Å². The molecular formula is C13H15NO2. The average Bonchev–Trinajstić information content (AvgIpc) is 2.31. The zero-order valence-electron chi connectivity index (χ0n) is 9.17. The van der Waals surface area contributed by atoms with Gasteiger partial charge in [0.2, 0.25) is 0 Å². The van der Waals surface area contributed by atoms with Gasteiger partial charge in [-0.1, -0.05) is 24.3 Å². The molecule has 0 spiro atoms. The number of aliphatic hydroxyl groups is 1. The second-order valence-corrected chi connectivity index (χ2v) is 3.09. The first-order chi connectivity index (χ1) is 7.79. The van der Waals surface area contributed by atoms with E-state index in [2.05, 4.69) is 4.99 Å². The molecule has 1 aromatic rings. The predicted molar refractivity (Wildman–Crippen MR) is 66.5 cm³/mol. The van der Waals surface area contributed by atoms with Crippen molar-refractivity contribution in [2.45, 2.75) is 6.92 Å². The van der Waals surface area contributed by atoms with E-state index in [1.54, 1.807) is 24.3 Å². The van der Waals surface area contributed by atoms with Gasteiger partial charge in [0.05, 0.1) is 12.3 Å². The third-order valence-corrected chi connectivity index (χ3v) is 1.94. The first-order valence-electron chi connectivity index (χ1n) is 5.04. The highest BCUT2D eigenvalue weighted by Crippen LogP contribution is 2.25. The number of hydrogen-bond acceptors (Lipinski definition) is 3. The number of phenols is 1. The minimum Gasteiger partial charge on any atom is -0.507 e. The van der Waals surface area contributed by atoms with Crippen LogP contribution in [0.3, 0.4) is 0 Å². The first-order valence-corrected chi connectivity index (χ1v) is 5.04. The molecule has 0 bridgehead atoms. The predicted octanol–water partition coefficient (Wildman–Crippen LogP) is 2.37. The fourth-order valence-corrected chi connectivity index (χ4v) is 1.22. The molecule has 0 radical (unpaired) electrons. The summed E-state index contributed by atoms with van der Waals surface area (Å²) in [5.74, 6) is 0.174. The Bertz CT molecular complexity index is 420. The molecule has 2 N–H and O–H groups in total. The summed E-state index contributed by atoms with van der Waals surface area (Å²) in [6.07, 6.45) is 6.87. The molecule has 0 saturated heterocycles. The highest BCUT2D eigenvalue weighted by atomic mass is 16.3. The number of hydrogen-bond donors (Lipinski definition) is 2. The molecule has 0 unspecified atom stereocenters.